The molecule has 2 amide bonds. The van der Waals surface area contributed by atoms with Gasteiger partial charge in [0.1, 0.15) is 11.5 Å². The molecule has 3 aromatic rings. The SMILES string of the molecule is COc1cc(NC(=O)CCCOc2cccc3ccccc23)ccc1N1CCCC1=O. The number of methoxy groups -OCH3 is 1. The van der Waals surface area contributed by atoms with E-state index >= 15 is 0 Å². The molecule has 0 unspecified atom stereocenters. The summed E-state index contributed by atoms with van der Waals surface area (Å²) in [6.45, 7) is 1.15. The van der Waals surface area contributed by atoms with Crippen LogP contribution < -0.4 is 19.7 Å². The van der Waals surface area contributed by atoms with Gasteiger partial charge in [-0.25, -0.2) is 0 Å². The summed E-state index contributed by atoms with van der Waals surface area (Å²) in [5.41, 5.74) is 1.39. The number of nitrogens with zero attached hydrogens (tertiary/aromatic N) is 1. The van der Waals surface area contributed by atoms with Crippen LogP contribution in [-0.2, 0) is 9.59 Å². The Kier molecular flexibility index (Phi) is 6.36. The highest BCUT2D eigenvalue weighted by molar-refractivity contribution is 5.98. The number of hydrogen-bond donors (Lipinski definition) is 1. The zero-order valence-corrected chi connectivity index (χ0v) is 17.6. The first-order valence-electron chi connectivity index (χ1n) is 10.5. The van der Waals surface area contributed by atoms with Crippen molar-refractivity contribution in [3.63, 3.8) is 0 Å². The number of hydrogen-bond acceptors (Lipinski definition) is 4. The van der Waals surface area contributed by atoms with Gasteiger partial charge in [-0.1, -0.05) is 36.4 Å². The Morgan fingerprint density at radius 3 is 2.71 bits per heavy atom. The van der Waals surface area contributed by atoms with Gasteiger partial charge in [0.05, 0.1) is 19.4 Å². The molecule has 1 aliphatic rings. The highest BCUT2D eigenvalue weighted by Gasteiger charge is 2.24. The quantitative estimate of drug-likeness (QED) is 0.535. The van der Waals surface area contributed by atoms with E-state index in [0.29, 0.717) is 43.9 Å². The molecule has 1 heterocycles. The first-order valence-corrected chi connectivity index (χ1v) is 10.5. The maximum Gasteiger partial charge on any atom is 0.227 e. The first kappa shape index (κ1) is 20.7. The average Bonchev–Trinajstić information content (AvgIpc) is 3.22. The van der Waals surface area contributed by atoms with Crippen LogP contribution in [0.2, 0.25) is 0 Å². The number of carbonyl (C=O) groups is 2. The molecule has 0 spiro atoms. The maximum atomic E-state index is 12.4. The molecule has 1 N–H and O–H groups in total. The van der Waals surface area contributed by atoms with E-state index in [-0.39, 0.29) is 11.8 Å². The zero-order chi connectivity index (χ0) is 21.6. The van der Waals surface area contributed by atoms with E-state index < -0.39 is 0 Å². The smallest absolute Gasteiger partial charge is 0.227 e. The predicted molar refractivity (Wildman–Crippen MR) is 122 cm³/mol. The number of ether oxygens (including phenoxy) is 2. The van der Waals surface area contributed by atoms with Gasteiger partial charge in [-0.3, -0.25) is 9.59 Å². The van der Waals surface area contributed by atoms with Crippen LogP contribution in [0.1, 0.15) is 25.7 Å². The van der Waals surface area contributed by atoms with Crippen molar-refractivity contribution < 1.29 is 19.1 Å². The largest absolute Gasteiger partial charge is 0.494 e. The first-order chi connectivity index (χ1) is 15.2. The third-order valence-corrected chi connectivity index (χ3v) is 5.38. The van der Waals surface area contributed by atoms with Crippen molar-refractivity contribution in [1.29, 1.82) is 0 Å². The molecule has 0 saturated carbocycles. The molecule has 3 aromatic carbocycles. The molecule has 1 fully saturated rings. The molecule has 31 heavy (non-hydrogen) atoms. The Morgan fingerprint density at radius 2 is 1.90 bits per heavy atom. The Labute approximate surface area is 181 Å². The molecule has 1 saturated heterocycles. The molecule has 0 bridgehead atoms. The van der Waals surface area contributed by atoms with E-state index in [0.717, 1.165) is 28.6 Å². The summed E-state index contributed by atoms with van der Waals surface area (Å²) < 4.78 is 11.3. The minimum Gasteiger partial charge on any atom is -0.494 e. The fourth-order valence-corrected chi connectivity index (χ4v) is 3.84. The van der Waals surface area contributed by atoms with Crippen LogP contribution in [0.3, 0.4) is 0 Å². The molecule has 0 radical (unpaired) electrons. The van der Waals surface area contributed by atoms with Gasteiger partial charge in [-0.15, -0.1) is 0 Å². The van der Waals surface area contributed by atoms with E-state index in [1.807, 2.05) is 36.4 Å². The number of benzene rings is 3. The number of amides is 2. The molecule has 0 aliphatic carbocycles. The van der Waals surface area contributed by atoms with E-state index in [2.05, 4.69) is 17.4 Å². The lowest BCUT2D eigenvalue weighted by Gasteiger charge is -2.19. The molecule has 160 valence electrons. The van der Waals surface area contributed by atoms with E-state index in [1.165, 1.54) is 0 Å². The fourth-order valence-electron chi connectivity index (χ4n) is 3.84. The number of carbonyl (C=O) groups excluding carboxylic acids is 2. The van der Waals surface area contributed by atoms with Crippen molar-refractivity contribution >= 4 is 34.0 Å². The molecule has 6 nitrogen and oxygen atoms in total. The lowest BCUT2D eigenvalue weighted by molar-refractivity contribution is -0.117. The number of rotatable bonds is 8. The number of fused-ring (bicyclic) bond motifs is 1. The van der Waals surface area contributed by atoms with E-state index in [4.69, 9.17) is 9.47 Å². The van der Waals surface area contributed by atoms with Gasteiger partial charge in [0.15, 0.2) is 0 Å². The zero-order valence-electron chi connectivity index (χ0n) is 17.6. The van der Waals surface area contributed by atoms with Gasteiger partial charge < -0.3 is 19.7 Å². The highest BCUT2D eigenvalue weighted by Crippen LogP contribution is 2.34. The van der Waals surface area contributed by atoms with Gasteiger partial charge >= 0.3 is 0 Å². The summed E-state index contributed by atoms with van der Waals surface area (Å²) in [6, 6.07) is 19.4. The van der Waals surface area contributed by atoms with Crippen LogP contribution in [0.5, 0.6) is 11.5 Å². The second-order valence-corrected chi connectivity index (χ2v) is 7.51. The molecule has 0 atom stereocenters. The summed E-state index contributed by atoms with van der Waals surface area (Å²) in [7, 11) is 1.57. The molecule has 6 heteroatoms. The second-order valence-electron chi connectivity index (χ2n) is 7.51. The van der Waals surface area contributed by atoms with Crippen LogP contribution >= 0.6 is 0 Å². The van der Waals surface area contributed by atoms with Gasteiger partial charge in [0.25, 0.3) is 0 Å². The van der Waals surface area contributed by atoms with Crippen molar-refractivity contribution in [3.05, 3.63) is 60.7 Å². The Balaban J connectivity index is 1.30. The minimum atomic E-state index is -0.0893. The van der Waals surface area contributed by atoms with E-state index in [1.54, 1.807) is 24.1 Å². The third-order valence-electron chi connectivity index (χ3n) is 5.38. The van der Waals surface area contributed by atoms with Gasteiger partial charge in [0, 0.05) is 36.5 Å². The van der Waals surface area contributed by atoms with Gasteiger partial charge in [-0.05, 0) is 36.4 Å². The van der Waals surface area contributed by atoms with Crippen molar-refractivity contribution in [3.8, 4) is 11.5 Å². The van der Waals surface area contributed by atoms with Crippen LogP contribution in [0.15, 0.2) is 60.7 Å². The van der Waals surface area contributed by atoms with Crippen LogP contribution in [0.25, 0.3) is 10.8 Å². The summed E-state index contributed by atoms with van der Waals surface area (Å²) in [6.07, 6.45) is 2.36. The summed E-state index contributed by atoms with van der Waals surface area (Å²) in [5.74, 6) is 1.41. The lowest BCUT2D eigenvalue weighted by atomic mass is 10.1. The molecule has 1 aliphatic heterocycles. The summed E-state index contributed by atoms with van der Waals surface area (Å²) >= 11 is 0. The Morgan fingerprint density at radius 1 is 1.06 bits per heavy atom. The number of nitrogens with one attached hydrogen (secondary N) is 1. The van der Waals surface area contributed by atoms with Crippen molar-refractivity contribution in [1.82, 2.24) is 0 Å². The number of anilines is 2. The normalized spacial score (nSPS) is 13.5. The van der Waals surface area contributed by atoms with E-state index in [9.17, 15) is 9.59 Å². The monoisotopic (exact) mass is 418 g/mol. The van der Waals surface area contributed by atoms with Crippen LogP contribution in [0, 0.1) is 0 Å². The molecule has 4 rings (SSSR count). The van der Waals surface area contributed by atoms with Crippen LogP contribution in [-0.4, -0.2) is 32.1 Å². The average molecular weight is 418 g/mol. The maximum absolute atomic E-state index is 12.4. The Bertz CT molecular complexity index is 1090. The van der Waals surface area contributed by atoms with Gasteiger partial charge in [-0.2, -0.15) is 0 Å². The highest BCUT2D eigenvalue weighted by atomic mass is 16.5. The summed E-state index contributed by atoms with van der Waals surface area (Å²) in [5, 5.41) is 5.09. The predicted octanol–water partition coefficient (Wildman–Crippen LogP) is 4.77. The van der Waals surface area contributed by atoms with Crippen molar-refractivity contribution in [2.75, 3.05) is 30.5 Å². The minimum absolute atomic E-state index is 0.0893. The van der Waals surface area contributed by atoms with Gasteiger partial charge in [0.2, 0.25) is 11.8 Å². The second kappa shape index (κ2) is 9.51. The van der Waals surface area contributed by atoms with Crippen molar-refractivity contribution in [2.24, 2.45) is 0 Å². The lowest BCUT2D eigenvalue weighted by Crippen LogP contribution is -2.24. The summed E-state index contributed by atoms with van der Waals surface area (Å²) in [4.78, 5) is 26.1. The standard InChI is InChI=1S/C25H26N2O4/c1-30-23-17-19(13-14-21(23)27-15-5-12-25(27)29)26-24(28)11-6-16-31-22-10-4-8-18-7-2-3-9-20(18)22/h2-4,7-10,13-14,17H,5-6,11-12,15-16H2,1H3,(H,26,28). The third kappa shape index (κ3) is 4.79. The Hall–Kier alpha value is -3.54. The fraction of sp³-hybridized carbons (Fsp3) is 0.280. The van der Waals surface area contributed by atoms with Crippen molar-refractivity contribution in [2.45, 2.75) is 25.7 Å². The molecular formula is C25H26N2O4. The molecular weight excluding hydrogens is 392 g/mol. The topological polar surface area (TPSA) is 67.9 Å². The molecule has 0 aromatic heterocycles. The van der Waals surface area contributed by atoms with Crippen LogP contribution in [0.4, 0.5) is 11.4 Å².